The van der Waals surface area contributed by atoms with E-state index in [2.05, 4.69) is 0 Å². The van der Waals surface area contributed by atoms with Crippen LogP contribution in [0.1, 0.15) is 16.7 Å². The Morgan fingerprint density at radius 2 is 2.05 bits per heavy atom. The standard InChI is InChI=1S/C15H12ClNOS/c1-11-3-2-4-14(7-11)19(18)10-13-6-5-12(9-17)8-15(13)16/h2-8H,10H2,1H3. The monoisotopic (exact) mass is 289 g/mol. The molecule has 0 aromatic heterocycles. The first-order valence-electron chi connectivity index (χ1n) is 5.74. The van der Waals surface area contributed by atoms with E-state index in [0.717, 1.165) is 16.0 Å². The normalized spacial score (nSPS) is 11.8. The summed E-state index contributed by atoms with van der Waals surface area (Å²) in [6, 6.07) is 14.7. The molecule has 0 N–H and O–H groups in total. The fourth-order valence-electron chi connectivity index (χ4n) is 1.72. The fourth-order valence-corrected chi connectivity index (χ4v) is 3.29. The van der Waals surface area contributed by atoms with Crippen molar-refractivity contribution in [1.82, 2.24) is 0 Å². The van der Waals surface area contributed by atoms with Gasteiger partial charge in [0.05, 0.1) is 28.2 Å². The molecule has 2 aromatic rings. The van der Waals surface area contributed by atoms with Crippen molar-refractivity contribution in [2.24, 2.45) is 0 Å². The number of nitrogens with zero attached hydrogens (tertiary/aromatic N) is 1. The van der Waals surface area contributed by atoms with Gasteiger partial charge in [-0.2, -0.15) is 5.26 Å². The number of hydrogen-bond donors (Lipinski definition) is 0. The number of halogens is 1. The molecule has 0 spiro atoms. The van der Waals surface area contributed by atoms with Crippen LogP contribution in [-0.4, -0.2) is 4.21 Å². The van der Waals surface area contributed by atoms with E-state index in [1.807, 2.05) is 37.3 Å². The molecule has 2 nitrogen and oxygen atoms in total. The smallest absolute Gasteiger partial charge is 0.0992 e. The summed E-state index contributed by atoms with van der Waals surface area (Å²) in [6.45, 7) is 1.97. The van der Waals surface area contributed by atoms with Crippen molar-refractivity contribution in [3.05, 3.63) is 64.2 Å². The quantitative estimate of drug-likeness (QED) is 0.861. The minimum atomic E-state index is -1.13. The van der Waals surface area contributed by atoms with Crippen LogP contribution >= 0.6 is 11.6 Å². The first-order valence-corrected chi connectivity index (χ1v) is 7.43. The molecule has 0 aliphatic carbocycles. The summed E-state index contributed by atoms with van der Waals surface area (Å²) in [5.41, 5.74) is 2.38. The van der Waals surface area contributed by atoms with E-state index in [4.69, 9.17) is 16.9 Å². The van der Waals surface area contributed by atoms with Crippen LogP contribution in [0.3, 0.4) is 0 Å². The number of nitriles is 1. The molecule has 0 bridgehead atoms. The molecule has 0 fully saturated rings. The third-order valence-electron chi connectivity index (χ3n) is 2.72. The number of rotatable bonds is 3. The zero-order valence-corrected chi connectivity index (χ0v) is 12.0. The van der Waals surface area contributed by atoms with Crippen molar-refractivity contribution in [2.45, 2.75) is 17.6 Å². The summed E-state index contributed by atoms with van der Waals surface area (Å²) in [5, 5.41) is 9.26. The Labute approximate surface area is 120 Å². The molecule has 19 heavy (non-hydrogen) atoms. The van der Waals surface area contributed by atoms with Gasteiger partial charge in [-0.25, -0.2) is 0 Å². The third-order valence-corrected chi connectivity index (χ3v) is 4.43. The van der Waals surface area contributed by atoms with E-state index >= 15 is 0 Å². The van der Waals surface area contributed by atoms with Gasteiger partial charge < -0.3 is 0 Å². The third kappa shape index (κ3) is 3.44. The Kier molecular flexibility index (Phi) is 4.36. The van der Waals surface area contributed by atoms with Crippen LogP contribution < -0.4 is 0 Å². The summed E-state index contributed by atoms with van der Waals surface area (Å²) >= 11 is 6.09. The lowest BCUT2D eigenvalue weighted by atomic mass is 10.2. The molecular formula is C15H12ClNOS. The molecule has 96 valence electrons. The van der Waals surface area contributed by atoms with Crippen molar-refractivity contribution in [1.29, 1.82) is 5.26 Å². The maximum absolute atomic E-state index is 12.3. The van der Waals surface area contributed by atoms with E-state index in [-0.39, 0.29) is 0 Å². The molecule has 0 radical (unpaired) electrons. The Morgan fingerprint density at radius 3 is 2.68 bits per heavy atom. The van der Waals surface area contributed by atoms with E-state index in [1.165, 1.54) is 0 Å². The average molecular weight is 290 g/mol. The van der Waals surface area contributed by atoms with Gasteiger partial charge in [-0.15, -0.1) is 0 Å². The zero-order chi connectivity index (χ0) is 13.8. The van der Waals surface area contributed by atoms with Crippen molar-refractivity contribution in [3.63, 3.8) is 0 Å². The highest BCUT2D eigenvalue weighted by Crippen LogP contribution is 2.21. The summed E-state index contributed by atoms with van der Waals surface area (Å²) in [7, 11) is -1.13. The molecule has 0 aliphatic heterocycles. The first-order chi connectivity index (χ1) is 9.10. The number of hydrogen-bond acceptors (Lipinski definition) is 2. The van der Waals surface area contributed by atoms with Crippen molar-refractivity contribution >= 4 is 22.4 Å². The molecule has 2 rings (SSSR count). The molecule has 0 heterocycles. The second-order valence-corrected chi connectivity index (χ2v) is 6.08. The summed E-state index contributed by atoms with van der Waals surface area (Å²) in [6.07, 6.45) is 0. The largest absolute Gasteiger partial charge is 0.254 e. The van der Waals surface area contributed by atoms with Crippen molar-refractivity contribution < 1.29 is 4.21 Å². The van der Waals surface area contributed by atoms with E-state index < -0.39 is 10.8 Å². The molecule has 0 saturated carbocycles. The molecule has 0 amide bonds. The summed E-state index contributed by atoms with van der Waals surface area (Å²) in [4.78, 5) is 0.792. The minimum absolute atomic E-state index is 0.355. The second kappa shape index (κ2) is 6.01. The Morgan fingerprint density at radius 1 is 1.26 bits per heavy atom. The topological polar surface area (TPSA) is 40.9 Å². The molecule has 0 aliphatic rings. The van der Waals surface area contributed by atoms with Gasteiger partial charge in [0.15, 0.2) is 0 Å². The van der Waals surface area contributed by atoms with Gasteiger partial charge in [0.1, 0.15) is 0 Å². The van der Waals surface area contributed by atoms with Crippen LogP contribution in [0.2, 0.25) is 5.02 Å². The highest BCUT2D eigenvalue weighted by molar-refractivity contribution is 7.84. The molecule has 1 atom stereocenters. The average Bonchev–Trinajstić information content (AvgIpc) is 2.41. The van der Waals surface area contributed by atoms with Gasteiger partial charge in [-0.3, -0.25) is 4.21 Å². The van der Waals surface area contributed by atoms with E-state index in [0.29, 0.717) is 16.3 Å². The Bertz CT molecular complexity index is 676. The van der Waals surface area contributed by atoms with Crippen molar-refractivity contribution in [2.75, 3.05) is 0 Å². The van der Waals surface area contributed by atoms with Gasteiger partial charge in [0.2, 0.25) is 0 Å². The van der Waals surface area contributed by atoms with E-state index in [9.17, 15) is 4.21 Å². The van der Waals surface area contributed by atoms with Crippen molar-refractivity contribution in [3.8, 4) is 6.07 Å². The van der Waals surface area contributed by atoms with Crippen LogP contribution in [0.4, 0.5) is 0 Å². The molecule has 0 saturated heterocycles. The first kappa shape index (κ1) is 13.8. The van der Waals surface area contributed by atoms with Crippen LogP contribution in [0, 0.1) is 18.3 Å². The van der Waals surface area contributed by atoms with E-state index in [1.54, 1.807) is 18.2 Å². The predicted octanol–water partition coefficient (Wildman–Crippen LogP) is 3.83. The van der Waals surface area contributed by atoms with Gasteiger partial charge in [0, 0.05) is 9.92 Å². The number of benzene rings is 2. The second-order valence-electron chi connectivity index (χ2n) is 4.22. The highest BCUT2D eigenvalue weighted by Gasteiger charge is 2.09. The highest BCUT2D eigenvalue weighted by atomic mass is 35.5. The maximum atomic E-state index is 12.3. The Balaban J connectivity index is 2.22. The fraction of sp³-hybridized carbons (Fsp3) is 0.133. The van der Waals surface area contributed by atoms with Crippen LogP contribution in [-0.2, 0) is 16.6 Å². The Hall–Kier alpha value is -1.63. The zero-order valence-electron chi connectivity index (χ0n) is 10.4. The van der Waals surface area contributed by atoms with Gasteiger partial charge in [0.25, 0.3) is 0 Å². The molecule has 2 aromatic carbocycles. The lowest BCUT2D eigenvalue weighted by Crippen LogP contribution is -1.98. The van der Waals surface area contributed by atoms with Crippen LogP contribution in [0.25, 0.3) is 0 Å². The van der Waals surface area contributed by atoms with Gasteiger partial charge >= 0.3 is 0 Å². The maximum Gasteiger partial charge on any atom is 0.0992 e. The minimum Gasteiger partial charge on any atom is -0.254 e. The molecule has 4 heteroatoms. The molecule has 1 unspecified atom stereocenters. The molecular weight excluding hydrogens is 278 g/mol. The lowest BCUT2D eigenvalue weighted by molar-refractivity contribution is 0.682. The SMILES string of the molecule is Cc1cccc(S(=O)Cc2ccc(C#N)cc2Cl)c1. The lowest BCUT2D eigenvalue weighted by Gasteiger charge is -2.06. The summed E-state index contributed by atoms with van der Waals surface area (Å²) in [5.74, 6) is 0.355. The predicted molar refractivity (Wildman–Crippen MR) is 77.5 cm³/mol. The number of aryl methyl sites for hydroxylation is 1. The summed E-state index contributed by atoms with van der Waals surface area (Å²) < 4.78 is 12.3. The van der Waals surface area contributed by atoms with Crippen LogP contribution in [0.5, 0.6) is 0 Å². The van der Waals surface area contributed by atoms with Gasteiger partial charge in [-0.1, -0.05) is 29.8 Å². The van der Waals surface area contributed by atoms with Gasteiger partial charge in [-0.05, 0) is 42.3 Å². The van der Waals surface area contributed by atoms with Crippen LogP contribution in [0.15, 0.2) is 47.4 Å².